The first-order valence-corrected chi connectivity index (χ1v) is 6.65. The number of carbonyl (C=O) groups is 1. The zero-order valence-corrected chi connectivity index (χ0v) is 12.1. The highest BCUT2D eigenvalue weighted by Gasteiger charge is 2.46. The van der Waals surface area contributed by atoms with Crippen LogP contribution in [0.1, 0.15) is 24.2 Å². The number of benzene rings is 1. The van der Waals surface area contributed by atoms with Crippen molar-refractivity contribution >= 4 is 5.91 Å². The summed E-state index contributed by atoms with van der Waals surface area (Å²) in [6.07, 6.45) is -0.0181. The summed E-state index contributed by atoms with van der Waals surface area (Å²) in [6.45, 7) is 2.52. The maximum Gasteiger partial charge on any atom is 0.217 e. The molecule has 0 bridgehead atoms. The minimum Gasteiger partial charge on any atom is -0.382 e. The minimum absolute atomic E-state index is 0.0128. The van der Waals surface area contributed by atoms with Gasteiger partial charge in [-0.05, 0) is 11.1 Å². The predicted molar refractivity (Wildman–Crippen MR) is 74.2 cm³/mol. The molecule has 110 valence electrons. The lowest BCUT2D eigenvalue weighted by molar-refractivity contribution is -0.120. The largest absolute Gasteiger partial charge is 0.382 e. The molecule has 1 N–H and O–H groups in total. The molecule has 1 aromatic rings. The molecule has 3 atom stereocenters. The Kier molecular flexibility index (Phi) is 5.11. The third-order valence-electron chi connectivity index (χ3n) is 3.25. The topological polar surface area (TPSA) is 60.1 Å². The number of hydrogen-bond donors (Lipinski definition) is 1. The summed E-state index contributed by atoms with van der Waals surface area (Å²) in [7, 11) is 3.29. The first kappa shape index (κ1) is 15.0. The first-order chi connectivity index (χ1) is 9.65. The summed E-state index contributed by atoms with van der Waals surface area (Å²) in [5, 5.41) is 2.87. The lowest BCUT2D eigenvalue weighted by Crippen LogP contribution is -2.41. The van der Waals surface area contributed by atoms with Gasteiger partial charge in [0, 0.05) is 21.1 Å². The Hall–Kier alpha value is -1.43. The van der Waals surface area contributed by atoms with Crippen molar-refractivity contribution in [1.29, 1.82) is 0 Å². The maximum absolute atomic E-state index is 11.2. The van der Waals surface area contributed by atoms with E-state index in [1.807, 2.05) is 18.2 Å². The van der Waals surface area contributed by atoms with Gasteiger partial charge in [0.25, 0.3) is 0 Å². The SMILES string of the molecule is COCc1cccc(C2OC2C(COC)NC(C)=O)c1. The van der Waals surface area contributed by atoms with Crippen molar-refractivity contribution < 1.29 is 19.0 Å². The lowest BCUT2D eigenvalue weighted by Gasteiger charge is -2.14. The molecule has 3 unspecified atom stereocenters. The molecule has 5 heteroatoms. The molecule has 20 heavy (non-hydrogen) atoms. The van der Waals surface area contributed by atoms with E-state index in [1.165, 1.54) is 6.92 Å². The maximum atomic E-state index is 11.2. The van der Waals surface area contributed by atoms with E-state index < -0.39 is 0 Å². The van der Waals surface area contributed by atoms with Crippen molar-refractivity contribution in [3.63, 3.8) is 0 Å². The van der Waals surface area contributed by atoms with Crippen molar-refractivity contribution in [3.05, 3.63) is 35.4 Å². The zero-order valence-electron chi connectivity index (χ0n) is 12.1. The lowest BCUT2D eigenvalue weighted by atomic mass is 10.0. The average molecular weight is 279 g/mol. The second-order valence-corrected chi connectivity index (χ2v) is 4.96. The highest BCUT2D eigenvalue weighted by Crippen LogP contribution is 2.41. The van der Waals surface area contributed by atoms with Crippen LogP contribution < -0.4 is 5.32 Å². The van der Waals surface area contributed by atoms with Crippen molar-refractivity contribution in [1.82, 2.24) is 5.32 Å². The minimum atomic E-state index is -0.117. The quantitative estimate of drug-likeness (QED) is 0.767. The predicted octanol–water partition coefficient (Wildman–Crippen LogP) is 1.42. The summed E-state index contributed by atoms with van der Waals surface area (Å²) in [4.78, 5) is 11.2. The van der Waals surface area contributed by atoms with E-state index in [0.29, 0.717) is 13.2 Å². The van der Waals surface area contributed by atoms with E-state index in [4.69, 9.17) is 14.2 Å². The third-order valence-corrected chi connectivity index (χ3v) is 3.25. The molecule has 1 fully saturated rings. The number of rotatable bonds is 7. The van der Waals surface area contributed by atoms with E-state index in [1.54, 1.807) is 14.2 Å². The molecule has 2 rings (SSSR count). The Morgan fingerprint density at radius 3 is 2.85 bits per heavy atom. The van der Waals surface area contributed by atoms with Gasteiger partial charge in [0.1, 0.15) is 12.2 Å². The van der Waals surface area contributed by atoms with Crippen LogP contribution in [0.25, 0.3) is 0 Å². The Morgan fingerprint density at radius 1 is 1.40 bits per heavy atom. The van der Waals surface area contributed by atoms with Crippen LogP contribution in [0.3, 0.4) is 0 Å². The molecule has 1 aromatic carbocycles. The van der Waals surface area contributed by atoms with Gasteiger partial charge < -0.3 is 19.5 Å². The molecule has 0 aromatic heterocycles. The summed E-state index contributed by atoms with van der Waals surface area (Å²) in [6, 6.07) is 8.00. The number of epoxide rings is 1. The first-order valence-electron chi connectivity index (χ1n) is 6.65. The Balaban J connectivity index is 2.01. The smallest absolute Gasteiger partial charge is 0.217 e. The fraction of sp³-hybridized carbons (Fsp3) is 0.533. The molecule has 0 aliphatic carbocycles. The van der Waals surface area contributed by atoms with Gasteiger partial charge in [-0.15, -0.1) is 0 Å². The monoisotopic (exact) mass is 279 g/mol. The van der Waals surface area contributed by atoms with Crippen LogP contribution in [0.4, 0.5) is 0 Å². The Labute approximate surface area is 119 Å². The van der Waals surface area contributed by atoms with E-state index >= 15 is 0 Å². The normalized spacial score (nSPS) is 22.4. The molecule has 1 aliphatic rings. The van der Waals surface area contributed by atoms with Gasteiger partial charge in [-0.3, -0.25) is 4.79 Å². The average Bonchev–Trinajstić information content (AvgIpc) is 3.19. The van der Waals surface area contributed by atoms with Crippen LogP contribution in [-0.2, 0) is 25.6 Å². The number of carbonyl (C=O) groups excluding carboxylic acids is 1. The number of hydrogen-bond acceptors (Lipinski definition) is 4. The molecule has 0 radical (unpaired) electrons. The number of nitrogens with one attached hydrogen (secondary N) is 1. The van der Waals surface area contributed by atoms with Crippen LogP contribution in [0.2, 0.25) is 0 Å². The third kappa shape index (κ3) is 3.79. The summed E-state index contributed by atoms with van der Waals surface area (Å²) >= 11 is 0. The number of amides is 1. The zero-order chi connectivity index (χ0) is 14.5. The highest BCUT2D eigenvalue weighted by atomic mass is 16.6. The van der Waals surface area contributed by atoms with Gasteiger partial charge in [0.05, 0.1) is 19.3 Å². The molecule has 1 heterocycles. The number of methoxy groups -OCH3 is 2. The van der Waals surface area contributed by atoms with Gasteiger partial charge >= 0.3 is 0 Å². The van der Waals surface area contributed by atoms with E-state index in [2.05, 4.69) is 11.4 Å². The molecular formula is C15H21NO4. The highest BCUT2D eigenvalue weighted by molar-refractivity contribution is 5.73. The van der Waals surface area contributed by atoms with Gasteiger partial charge in [-0.2, -0.15) is 0 Å². The molecule has 5 nitrogen and oxygen atoms in total. The molecule has 1 amide bonds. The fourth-order valence-electron chi connectivity index (χ4n) is 2.38. The number of ether oxygens (including phenoxy) is 3. The second-order valence-electron chi connectivity index (χ2n) is 4.96. The van der Waals surface area contributed by atoms with Crippen LogP contribution in [-0.4, -0.2) is 38.9 Å². The Bertz CT molecular complexity index is 463. The second kappa shape index (κ2) is 6.83. The van der Waals surface area contributed by atoms with Crippen molar-refractivity contribution in [2.45, 2.75) is 31.8 Å². The van der Waals surface area contributed by atoms with E-state index in [0.717, 1.165) is 11.1 Å². The Morgan fingerprint density at radius 2 is 2.20 bits per heavy atom. The van der Waals surface area contributed by atoms with Gasteiger partial charge in [-0.25, -0.2) is 0 Å². The van der Waals surface area contributed by atoms with E-state index in [9.17, 15) is 4.79 Å². The van der Waals surface area contributed by atoms with Crippen LogP contribution in [0, 0.1) is 0 Å². The van der Waals surface area contributed by atoms with Crippen LogP contribution in [0.15, 0.2) is 24.3 Å². The van der Waals surface area contributed by atoms with Gasteiger partial charge in [0.15, 0.2) is 0 Å². The molecule has 0 saturated carbocycles. The van der Waals surface area contributed by atoms with Crippen molar-refractivity contribution in [2.24, 2.45) is 0 Å². The van der Waals surface area contributed by atoms with Crippen molar-refractivity contribution in [3.8, 4) is 0 Å². The van der Waals surface area contributed by atoms with Crippen molar-refractivity contribution in [2.75, 3.05) is 20.8 Å². The fourth-order valence-corrected chi connectivity index (χ4v) is 2.38. The van der Waals surface area contributed by atoms with Gasteiger partial charge in [-0.1, -0.05) is 24.3 Å². The summed E-state index contributed by atoms with van der Waals surface area (Å²) < 4.78 is 16.0. The standard InChI is InChI=1S/C15H21NO4/c1-10(17)16-13(9-19-3)15-14(20-15)12-6-4-5-11(7-12)8-18-2/h4-7,13-15H,8-9H2,1-3H3,(H,16,17). The summed E-state index contributed by atoms with van der Waals surface area (Å²) in [5.41, 5.74) is 2.22. The molecule has 0 spiro atoms. The molecular weight excluding hydrogens is 258 g/mol. The molecule has 1 saturated heterocycles. The van der Waals surface area contributed by atoms with E-state index in [-0.39, 0.29) is 24.2 Å². The molecule has 1 aliphatic heterocycles. The van der Waals surface area contributed by atoms with Crippen LogP contribution >= 0.6 is 0 Å². The van der Waals surface area contributed by atoms with Crippen LogP contribution in [0.5, 0.6) is 0 Å². The van der Waals surface area contributed by atoms with Gasteiger partial charge in [0.2, 0.25) is 5.91 Å². The summed E-state index contributed by atoms with van der Waals surface area (Å²) in [5.74, 6) is -0.0746.